The number of sulfonamides is 1. The molecule has 31 heavy (non-hydrogen) atoms. The molecule has 0 aliphatic carbocycles. The molecule has 5 rings (SSSR count). The van der Waals surface area contributed by atoms with Crippen molar-refractivity contribution >= 4 is 44.8 Å². The van der Waals surface area contributed by atoms with Gasteiger partial charge in [0, 0.05) is 41.0 Å². The highest BCUT2D eigenvalue weighted by molar-refractivity contribution is 7.99. The molecule has 0 saturated carbocycles. The molecule has 3 aliphatic rings. The Hall–Kier alpha value is -1.25. The first kappa shape index (κ1) is 21.6. The lowest BCUT2D eigenvalue weighted by Crippen LogP contribution is -2.41. The number of halogens is 1. The van der Waals surface area contributed by atoms with E-state index in [1.165, 1.54) is 43.1 Å². The van der Waals surface area contributed by atoms with Gasteiger partial charge < -0.3 is 4.90 Å². The third kappa shape index (κ3) is 3.68. The summed E-state index contributed by atoms with van der Waals surface area (Å²) in [5, 5.41) is 0.697. The second kappa shape index (κ2) is 7.96. The Balaban J connectivity index is 1.52. The number of hydrogen-bond donors (Lipinski definition) is 0. The van der Waals surface area contributed by atoms with Crippen molar-refractivity contribution in [3.05, 3.63) is 41.4 Å². The van der Waals surface area contributed by atoms with Crippen LogP contribution >= 0.6 is 23.4 Å². The highest BCUT2D eigenvalue weighted by Gasteiger charge is 2.44. The first-order valence-corrected chi connectivity index (χ1v) is 13.5. The van der Waals surface area contributed by atoms with Gasteiger partial charge in [-0.3, -0.25) is 4.90 Å². The minimum absolute atomic E-state index is 0.325. The van der Waals surface area contributed by atoms with Gasteiger partial charge in [0.05, 0.1) is 16.3 Å². The maximum absolute atomic E-state index is 12.7. The van der Waals surface area contributed by atoms with Gasteiger partial charge in [0.1, 0.15) is 0 Å². The lowest BCUT2D eigenvalue weighted by Gasteiger charge is -2.38. The van der Waals surface area contributed by atoms with Crippen LogP contribution in [0.1, 0.15) is 32.1 Å². The standard InChI is InChI=1S/C23H28ClN3O2S2/c1-25(2)31(28,29)18-6-8-20-22(16-18)30-21-15-17(24)5-7-19(21)27(20)14-11-23-9-3-12-26(23)13-4-10-23/h5-8,15-16H,3-4,9-14H2,1-2H3. The smallest absolute Gasteiger partial charge is 0.242 e. The molecule has 2 aromatic carbocycles. The first-order valence-electron chi connectivity index (χ1n) is 10.9. The molecule has 166 valence electrons. The fraction of sp³-hybridized carbons (Fsp3) is 0.478. The molecular weight excluding hydrogens is 450 g/mol. The molecule has 3 aliphatic heterocycles. The van der Waals surface area contributed by atoms with E-state index in [-0.39, 0.29) is 0 Å². The Bertz CT molecular complexity index is 1110. The molecule has 0 bridgehead atoms. The van der Waals surface area contributed by atoms with Crippen LogP contribution in [-0.4, -0.2) is 56.9 Å². The molecule has 5 nitrogen and oxygen atoms in total. The molecule has 0 N–H and O–H groups in total. The quantitative estimate of drug-likeness (QED) is 0.591. The van der Waals surface area contributed by atoms with Crippen LogP contribution in [-0.2, 0) is 10.0 Å². The minimum Gasteiger partial charge on any atom is -0.340 e. The SMILES string of the molecule is CN(C)S(=O)(=O)c1ccc2c(c1)Sc1cc(Cl)ccc1N2CCC12CCCN1CCC2. The van der Waals surface area contributed by atoms with Gasteiger partial charge in [0.2, 0.25) is 10.0 Å². The van der Waals surface area contributed by atoms with Crippen molar-refractivity contribution in [1.29, 1.82) is 0 Å². The maximum atomic E-state index is 12.7. The normalized spacial score (nSPS) is 20.1. The van der Waals surface area contributed by atoms with Crippen LogP contribution in [0.3, 0.4) is 0 Å². The summed E-state index contributed by atoms with van der Waals surface area (Å²) in [7, 11) is -0.349. The van der Waals surface area contributed by atoms with E-state index in [4.69, 9.17) is 11.6 Å². The summed E-state index contributed by atoms with van der Waals surface area (Å²) in [6.45, 7) is 3.37. The fourth-order valence-electron chi connectivity index (χ4n) is 5.41. The molecule has 0 unspecified atom stereocenters. The van der Waals surface area contributed by atoms with Crippen molar-refractivity contribution in [3.63, 3.8) is 0 Å². The van der Waals surface area contributed by atoms with Crippen molar-refractivity contribution in [2.24, 2.45) is 0 Å². The monoisotopic (exact) mass is 477 g/mol. The van der Waals surface area contributed by atoms with Crippen molar-refractivity contribution in [2.45, 2.75) is 52.3 Å². The van der Waals surface area contributed by atoms with Crippen LogP contribution in [0.25, 0.3) is 0 Å². The molecule has 0 aromatic heterocycles. The molecule has 2 fully saturated rings. The molecule has 0 spiro atoms. The Kier molecular flexibility index (Phi) is 5.54. The number of anilines is 2. The molecule has 0 atom stereocenters. The summed E-state index contributed by atoms with van der Waals surface area (Å²) < 4.78 is 26.7. The highest BCUT2D eigenvalue weighted by Crippen LogP contribution is 2.50. The Morgan fingerprint density at radius 3 is 2.35 bits per heavy atom. The number of rotatable bonds is 5. The van der Waals surface area contributed by atoms with Crippen LogP contribution < -0.4 is 4.90 Å². The summed E-state index contributed by atoms with van der Waals surface area (Å²) in [6, 6.07) is 11.5. The predicted molar refractivity (Wildman–Crippen MR) is 127 cm³/mol. The van der Waals surface area contributed by atoms with E-state index in [2.05, 4.69) is 15.9 Å². The summed E-state index contributed by atoms with van der Waals surface area (Å²) >= 11 is 7.91. The second-order valence-electron chi connectivity index (χ2n) is 8.95. The van der Waals surface area contributed by atoms with Crippen LogP contribution in [0, 0.1) is 0 Å². The van der Waals surface area contributed by atoms with E-state index in [0.29, 0.717) is 15.5 Å². The second-order valence-corrected chi connectivity index (χ2v) is 12.6. The average Bonchev–Trinajstić information content (AvgIpc) is 3.30. The lowest BCUT2D eigenvalue weighted by atomic mass is 9.90. The minimum atomic E-state index is -3.48. The molecule has 2 saturated heterocycles. The topological polar surface area (TPSA) is 43.9 Å². The van der Waals surface area contributed by atoms with E-state index in [0.717, 1.165) is 34.1 Å². The van der Waals surface area contributed by atoms with Crippen molar-refractivity contribution in [3.8, 4) is 0 Å². The van der Waals surface area contributed by atoms with Crippen LogP contribution in [0.4, 0.5) is 11.4 Å². The third-order valence-electron chi connectivity index (χ3n) is 7.05. The predicted octanol–water partition coefficient (Wildman–Crippen LogP) is 5.21. The molecule has 8 heteroatoms. The van der Waals surface area contributed by atoms with Gasteiger partial charge in [-0.25, -0.2) is 12.7 Å². The van der Waals surface area contributed by atoms with Crippen molar-refractivity contribution in [2.75, 3.05) is 38.6 Å². The van der Waals surface area contributed by atoms with Gasteiger partial charge in [0.15, 0.2) is 0 Å². The summed E-state index contributed by atoms with van der Waals surface area (Å²) in [4.78, 5) is 7.43. The third-order valence-corrected chi connectivity index (χ3v) is 10.2. The first-order chi connectivity index (χ1) is 14.8. The summed E-state index contributed by atoms with van der Waals surface area (Å²) in [6.07, 6.45) is 6.29. The van der Waals surface area contributed by atoms with E-state index < -0.39 is 10.0 Å². The molecule has 0 amide bonds. The number of hydrogen-bond acceptors (Lipinski definition) is 5. The highest BCUT2D eigenvalue weighted by atomic mass is 35.5. The zero-order valence-electron chi connectivity index (χ0n) is 18.0. The van der Waals surface area contributed by atoms with Gasteiger partial charge in [-0.1, -0.05) is 23.4 Å². The number of fused-ring (bicyclic) bond motifs is 3. The van der Waals surface area contributed by atoms with Crippen molar-refractivity contribution < 1.29 is 8.42 Å². The van der Waals surface area contributed by atoms with Crippen LogP contribution in [0.2, 0.25) is 5.02 Å². The lowest BCUT2D eigenvalue weighted by molar-refractivity contribution is 0.185. The molecular formula is C23H28ClN3O2S2. The average molecular weight is 478 g/mol. The zero-order valence-corrected chi connectivity index (χ0v) is 20.4. The number of benzene rings is 2. The Labute approximate surface area is 194 Å². The number of nitrogens with zero attached hydrogens (tertiary/aromatic N) is 3. The molecule has 3 heterocycles. The summed E-state index contributed by atoms with van der Waals surface area (Å²) in [5.74, 6) is 0. The zero-order chi connectivity index (χ0) is 21.8. The van der Waals surface area contributed by atoms with Gasteiger partial charge in [0.25, 0.3) is 0 Å². The largest absolute Gasteiger partial charge is 0.340 e. The Morgan fingerprint density at radius 1 is 1.03 bits per heavy atom. The Morgan fingerprint density at radius 2 is 1.68 bits per heavy atom. The van der Waals surface area contributed by atoms with E-state index in [9.17, 15) is 8.42 Å². The van der Waals surface area contributed by atoms with Gasteiger partial charge in [-0.2, -0.15) is 0 Å². The molecule has 0 radical (unpaired) electrons. The van der Waals surface area contributed by atoms with Crippen LogP contribution in [0.5, 0.6) is 0 Å². The van der Waals surface area contributed by atoms with Crippen molar-refractivity contribution in [1.82, 2.24) is 9.21 Å². The van der Waals surface area contributed by atoms with Gasteiger partial charge in [-0.15, -0.1) is 0 Å². The maximum Gasteiger partial charge on any atom is 0.242 e. The molecule has 2 aromatic rings. The fourth-order valence-corrected chi connectivity index (χ4v) is 7.82. The van der Waals surface area contributed by atoms with Gasteiger partial charge >= 0.3 is 0 Å². The van der Waals surface area contributed by atoms with Gasteiger partial charge in [-0.05, 0) is 81.6 Å². The van der Waals surface area contributed by atoms with E-state index in [1.807, 2.05) is 24.3 Å². The van der Waals surface area contributed by atoms with E-state index in [1.54, 1.807) is 31.9 Å². The van der Waals surface area contributed by atoms with E-state index >= 15 is 0 Å². The summed E-state index contributed by atoms with van der Waals surface area (Å²) in [5.41, 5.74) is 2.58. The van der Waals surface area contributed by atoms with Crippen LogP contribution in [0.15, 0.2) is 51.1 Å².